The lowest BCUT2D eigenvalue weighted by Crippen LogP contribution is -2.52. The van der Waals surface area contributed by atoms with Crippen LogP contribution in [0.5, 0.6) is 0 Å². The van der Waals surface area contributed by atoms with Gasteiger partial charge in [0.1, 0.15) is 24.3 Å². The zero-order valence-corrected chi connectivity index (χ0v) is 23.8. The average molecular weight is 560 g/mol. The molecular formula is C38H33N5. The number of aromatic nitrogens is 1. The zero-order valence-electron chi connectivity index (χ0n) is 23.8. The maximum Gasteiger partial charge on any atom is 0.131 e. The molecule has 0 spiro atoms. The number of rotatable bonds is 5. The van der Waals surface area contributed by atoms with Crippen molar-refractivity contribution in [3.8, 4) is 0 Å². The van der Waals surface area contributed by atoms with Crippen LogP contribution in [-0.4, -0.2) is 16.6 Å². The first-order valence-electron chi connectivity index (χ1n) is 15.0. The summed E-state index contributed by atoms with van der Waals surface area (Å²) in [7, 11) is 0. The summed E-state index contributed by atoms with van der Waals surface area (Å²) in [5.74, 6) is 0.888. The van der Waals surface area contributed by atoms with Crippen LogP contribution in [0, 0.1) is 0 Å². The van der Waals surface area contributed by atoms with E-state index >= 15 is 0 Å². The fourth-order valence-corrected chi connectivity index (χ4v) is 6.56. The Morgan fingerprint density at radius 3 is 2.16 bits per heavy atom. The number of hydrogen-bond donors (Lipinski definition) is 3. The summed E-state index contributed by atoms with van der Waals surface area (Å²) in [5, 5.41) is 12.5. The lowest BCUT2D eigenvalue weighted by Gasteiger charge is -2.34. The van der Waals surface area contributed by atoms with Crippen molar-refractivity contribution in [2.45, 2.75) is 31.3 Å². The van der Waals surface area contributed by atoms with Gasteiger partial charge in [-0.2, -0.15) is 0 Å². The molecule has 0 saturated heterocycles. The van der Waals surface area contributed by atoms with Gasteiger partial charge in [0.15, 0.2) is 0 Å². The molecule has 3 atom stereocenters. The molecule has 0 fully saturated rings. The molecule has 1 aromatic heterocycles. The minimum atomic E-state index is -0.156. The van der Waals surface area contributed by atoms with E-state index in [-0.39, 0.29) is 18.5 Å². The second kappa shape index (κ2) is 10.9. The number of nitrogens with one attached hydrogen (secondary N) is 3. The normalized spacial score (nSPS) is 21.2. The second-order valence-corrected chi connectivity index (χ2v) is 11.3. The van der Waals surface area contributed by atoms with Gasteiger partial charge >= 0.3 is 0 Å². The number of hydrogen-bond acceptors (Lipinski definition) is 4. The molecule has 8 rings (SSSR count). The van der Waals surface area contributed by atoms with Crippen molar-refractivity contribution < 1.29 is 0 Å². The van der Waals surface area contributed by atoms with Crippen molar-refractivity contribution in [2.24, 2.45) is 4.99 Å². The molecule has 5 aromatic rings. The topological polar surface area (TPSA) is 53.4 Å². The van der Waals surface area contributed by atoms with E-state index in [4.69, 9.17) is 4.99 Å². The molecule has 2 aliphatic heterocycles. The summed E-state index contributed by atoms with van der Waals surface area (Å²) in [6, 6.07) is 40.4. The van der Waals surface area contributed by atoms with Crippen LogP contribution in [-0.2, 0) is 6.42 Å². The highest BCUT2D eigenvalue weighted by Gasteiger charge is 2.28. The maximum absolute atomic E-state index is 5.05. The number of para-hydroxylation sites is 1. The minimum Gasteiger partial charge on any atom is -0.367 e. The van der Waals surface area contributed by atoms with Gasteiger partial charge in [0.25, 0.3) is 0 Å². The van der Waals surface area contributed by atoms with Gasteiger partial charge < -0.3 is 15.2 Å². The van der Waals surface area contributed by atoms with E-state index < -0.39 is 0 Å². The largest absolute Gasteiger partial charge is 0.367 e. The molecule has 1 aliphatic carbocycles. The summed E-state index contributed by atoms with van der Waals surface area (Å²) in [4.78, 5) is 5.05. The molecule has 5 nitrogen and oxygen atoms in total. The maximum atomic E-state index is 5.05. The fourth-order valence-electron chi connectivity index (χ4n) is 6.56. The van der Waals surface area contributed by atoms with E-state index in [9.17, 15) is 0 Å². The number of benzene rings is 4. The molecule has 0 amide bonds. The molecule has 0 bridgehead atoms. The standard InChI is InChI=1S/C38H33N5/c1-4-12-26(13-5-1)29-20-22-32-31-18-10-11-19-33(31)43(34(32)24-29)35-23-21-30(25-39-35)38-41-36(27-14-6-2-7-15-27)40-37(42-38)28-16-8-3-9-17-28/h1-19,21,23-25,35-36,38-39,41H,20,22H2,(H,40,42). The predicted octanol–water partition coefficient (Wildman–Crippen LogP) is 7.33. The molecule has 43 heavy (non-hydrogen) atoms. The Balaban J connectivity index is 1.12. The molecule has 3 aliphatic rings. The van der Waals surface area contributed by atoms with Crippen LogP contribution < -0.4 is 16.0 Å². The lowest BCUT2D eigenvalue weighted by atomic mass is 9.91. The highest BCUT2D eigenvalue weighted by Crippen LogP contribution is 2.38. The van der Waals surface area contributed by atoms with Gasteiger partial charge in [-0.25, -0.2) is 4.99 Å². The Morgan fingerprint density at radius 2 is 1.42 bits per heavy atom. The molecule has 210 valence electrons. The second-order valence-electron chi connectivity index (χ2n) is 11.3. The van der Waals surface area contributed by atoms with Crippen molar-refractivity contribution >= 4 is 28.4 Å². The van der Waals surface area contributed by atoms with Crippen molar-refractivity contribution in [1.82, 2.24) is 20.5 Å². The van der Waals surface area contributed by atoms with E-state index in [1.165, 1.54) is 33.3 Å². The summed E-state index contributed by atoms with van der Waals surface area (Å²) in [6.45, 7) is 0. The smallest absolute Gasteiger partial charge is 0.131 e. The third-order valence-electron chi connectivity index (χ3n) is 8.69. The van der Waals surface area contributed by atoms with Crippen LogP contribution in [0.25, 0.3) is 22.6 Å². The Labute approximate surface area is 252 Å². The van der Waals surface area contributed by atoms with Crippen molar-refractivity contribution in [1.29, 1.82) is 0 Å². The Bertz CT molecular complexity index is 1900. The molecule has 4 aromatic carbocycles. The number of nitrogens with zero attached hydrogens (tertiary/aromatic N) is 2. The number of aliphatic imine (C=N–C) groups is 1. The highest BCUT2D eigenvalue weighted by molar-refractivity contribution is 5.99. The van der Waals surface area contributed by atoms with Crippen molar-refractivity contribution in [2.75, 3.05) is 0 Å². The van der Waals surface area contributed by atoms with E-state index in [0.29, 0.717) is 0 Å². The number of dihydropyridines is 1. The van der Waals surface area contributed by atoms with Crippen molar-refractivity contribution in [3.05, 3.63) is 167 Å². The molecule has 0 saturated carbocycles. The quantitative estimate of drug-likeness (QED) is 0.211. The van der Waals surface area contributed by atoms with Crippen LogP contribution in [0.2, 0.25) is 0 Å². The SMILES string of the molecule is C1=CC(n2c3c(c4ccccc42)CCC(c2ccccc2)=C3)NC=C1C1NC(c2ccccc2)=NC(c2ccccc2)N1. The van der Waals surface area contributed by atoms with Gasteiger partial charge in [0, 0.05) is 28.4 Å². The third kappa shape index (κ3) is 4.78. The van der Waals surface area contributed by atoms with E-state index in [2.05, 4.69) is 148 Å². The summed E-state index contributed by atoms with van der Waals surface area (Å²) >= 11 is 0. The first-order chi connectivity index (χ1) is 21.3. The number of allylic oxidation sites excluding steroid dienone is 1. The lowest BCUT2D eigenvalue weighted by molar-refractivity contribution is 0.435. The monoisotopic (exact) mass is 559 g/mol. The van der Waals surface area contributed by atoms with Gasteiger partial charge in [-0.1, -0.05) is 115 Å². The minimum absolute atomic E-state index is 0.000421. The molecule has 3 heterocycles. The molecule has 0 radical (unpaired) electrons. The highest BCUT2D eigenvalue weighted by atomic mass is 15.3. The van der Waals surface area contributed by atoms with Gasteiger partial charge in [-0.15, -0.1) is 0 Å². The van der Waals surface area contributed by atoms with E-state index in [0.717, 1.165) is 35.4 Å². The average Bonchev–Trinajstić information content (AvgIpc) is 3.43. The van der Waals surface area contributed by atoms with Gasteiger partial charge in [0.2, 0.25) is 0 Å². The Morgan fingerprint density at radius 1 is 0.721 bits per heavy atom. The number of amidine groups is 1. The Kier molecular flexibility index (Phi) is 6.50. The first-order valence-corrected chi connectivity index (χ1v) is 15.0. The molecule has 5 heteroatoms. The van der Waals surface area contributed by atoms with Gasteiger partial charge in [-0.05, 0) is 53.3 Å². The summed E-state index contributed by atoms with van der Waals surface area (Å²) in [6.07, 6.45) is 10.9. The third-order valence-corrected chi connectivity index (χ3v) is 8.69. The zero-order chi connectivity index (χ0) is 28.6. The van der Waals surface area contributed by atoms with E-state index in [1.54, 1.807) is 0 Å². The molecular weight excluding hydrogens is 526 g/mol. The van der Waals surface area contributed by atoms with Crippen LogP contribution in [0.15, 0.2) is 144 Å². The number of aryl methyl sites for hydroxylation is 1. The predicted molar refractivity (Wildman–Crippen MR) is 176 cm³/mol. The Hall–Kier alpha value is -5.13. The van der Waals surface area contributed by atoms with Crippen LogP contribution in [0.3, 0.4) is 0 Å². The number of fused-ring (bicyclic) bond motifs is 3. The van der Waals surface area contributed by atoms with Crippen LogP contribution in [0.4, 0.5) is 0 Å². The van der Waals surface area contributed by atoms with Crippen LogP contribution in [0.1, 0.15) is 46.7 Å². The van der Waals surface area contributed by atoms with Gasteiger partial charge in [0.05, 0.1) is 5.52 Å². The molecule has 3 unspecified atom stereocenters. The summed E-state index contributed by atoms with van der Waals surface area (Å²) < 4.78 is 2.46. The van der Waals surface area contributed by atoms with E-state index in [1.807, 2.05) is 12.1 Å². The van der Waals surface area contributed by atoms with Crippen LogP contribution >= 0.6 is 0 Å². The fraction of sp³-hybridized carbons (Fsp3) is 0.132. The molecule has 3 N–H and O–H groups in total. The first kappa shape index (κ1) is 25.6. The van der Waals surface area contributed by atoms with Gasteiger partial charge in [-0.3, -0.25) is 5.32 Å². The van der Waals surface area contributed by atoms with Crippen molar-refractivity contribution in [3.63, 3.8) is 0 Å². The summed E-state index contributed by atoms with van der Waals surface area (Å²) in [5.41, 5.74) is 10.0.